The summed E-state index contributed by atoms with van der Waals surface area (Å²) < 4.78 is 37.2. The van der Waals surface area contributed by atoms with Crippen LogP contribution in [0.2, 0.25) is 0 Å². The molecule has 1 aromatic carbocycles. The van der Waals surface area contributed by atoms with Crippen LogP contribution in [-0.2, 0) is 33.2 Å². The molecule has 51 heavy (non-hydrogen) atoms. The van der Waals surface area contributed by atoms with Gasteiger partial charge in [-0.05, 0) is 68.9 Å². The minimum absolute atomic E-state index is 0.00841. The van der Waals surface area contributed by atoms with Crippen LogP contribution in [0.1, 0.15) is 87.9 Å². The Morgan fingerprint density at radius 2 is 1.51 bits per heavy atom. The van der Waals surface area contributed by atoms with E-state index in [2.05, 4.69) is 0 Å². The van der Waals surface area contributed by atoms with Gasteiger partial charge in [-0.25, -0.2) is 9.59 Å². The van der Waals surface area contributed by atoms with Gasteiger partial charge in [0.05, 0.1) is 30.5 Å². The average Bonchev–Trinajstić information content (AvgIpc) is 3.98. The van der Waals surface area contributed by atoms with Gasteiger partial charge < -0.3 is 59.1 Å². The summed E-state index contributed by atoms with van der Waals surface area (Å²) in [6, 6.07) is 8.18. The molecule has 14 nitrogen and oxygen atoms in total. The predicted octanol–water partition coefficient (Wildman–Crippen LogP) is 1.91. The molecular weight excluding hydrogens is 668 g/mol. The van der Waals surface area contributed by atoms with Crippen LogP contribution in [0.25, 0.3) is 0 Å². The SMILES string of the molecule is C[C@@H]1O[C@@H](O[C@@H]2C(C3CC3)CCC[C@H]2O[C@@H]2O[C@H](CO)[C@H](O)[C@H](O[C@@H](CC3CCCCC3)C(=O)O)[C@H]2OC(=O)c2ccccc2)[C@@H](O)[C@H](O)[C@@H]1O. The van der Waals surface area contributed by atoms with Crippen LogP contribution >= 0.6 is 0 Å². The molecule has 6 N–H and O–H groups in total. The van der Waals surface area contributed by atoms with Crippen LogP contribution in [0.3, 0.4) is 0 Å². The third-order valence-corrected chi connectivity index (χ3v) is 11.4. The van der Waals surface area contributed by atoms with E-state index in [1.54, 1.807) is 37.3 Å². The first-order chi connectivity index (χ1) is 24.5. The lowest BCUT2D eigenvalue weighted by Crippen LogP contribution is -2.64. The van der Waals surface area contributed by atoms with E-state index in [-0.39, 0.29) is 23.8 Å². The minimum atomic E-state index is -1.57. The van der Waals surface area contributed by atoms with E-state index in [9.17, 15) is 40.2 Å². The number of ether oxygens (including phenoxy) is 6. The fourth-order valence-corrected chi connectivity index (χ4v) is 8.30. The molecule has 286 valence electrons. The van der Waals surface area contributed by atoms with Gasteiger partial charge in [-0.15, -0.1) is 0 Å². The molecule has 0 bridgehead atoms. The lowest BCUT2D eigenvalue weighted by molar-refractivity contribution is -0.349. The summed E-state index contributed by atoms with van der Waals surface area (Å²) >= 11 is 0. The summed E-state index contributed by atoms with van der Waals surface area (Å²) in [5.41, 5.74) is 0.205. The van der Waals surface area contributed by atoms with Crippen molar-refractivity contribution in [2.45, 2.75) is 157 Å². The first kappa shape index (κ1) is 38.5. The van der Waals surface area contributed by atoms with E-state index in [1.807, 2.05) is 0 Å². The van der Waals surface area contributed by atoms with Gasteiger partial charge in [-0.2, -0.15) is 0 Å². The normalized spacial score (nSPS) is 40.0. The molecule has 0 aromatic heterocycles. The zero-order valence-corrected chi connectivity index (χ0v) is 29.1. The van der Waals surface area contributed by atoms with Crippen molar-refractivity contribution in [1.82, 2.24) is 0 Å². The molecule has 0 amide bonds. The molecule has 6 rings (SSSR count). The van der Waals surface area contributed by atoms with Crippen LogP contribution in [0, 0.1) is 17.8 Å². The van der Waals surface area contributed by atoms with E-state index in [0.29, 0.717) is 12.3 Å². The van der Waals surface area contributed by atoms with Crippen molar-refractivity contribution in [3.8, 4) is 0 Å². The molecule has 5 fully saturated rings. The fourth-order valence-electron chi connectivity index (χ4n) is 8.30. The predicted molar refractivity (Wildman–Crippen MR) is 177 cm³/mol. The summed E-state index contributed by atoms with van der Waals surface area (Å²) in [4.78, 5) is 26.1. The second-order valence-corrected chi connectivity index (χ2v) is 15.0. The molecule has 3 aliphatic carbocycles. The van der Waals surface area contributed by atoms with Crippen LogP contribution in [0.15, 0.2) is 30.3 Å². The number of carbonyl (C=O) groups is 2. The maximum absolute atomic E-state index is 13.5. The summed E-state index contributed by atoms with van der Waals surface area (Å²) in [5.74, 6) is -1.56. The molecule has 2 heterocycles. The second kappa shape index (κ2) is 17.3. The van der Waals surface area contributed by atoms with Crippen molar-refractivity contribution in [2.24, 2.45) is 17.8 Å². The summed E-state index contributed by atoms with van der Waals surface area (Å²) in [7, 11) is 0. The number of rotatable bonds is 13. The number of esters is 1. The highest BCUT2D eigenvalue weighted by molar-refractivity contribution is 5.89. The first-order valence-electron chi connectivity index (χ1n) is 18.6. The van der Waals surface area contributed by atoms with Gasteiger partial charge in [0, 0.05) is 0 Å². The van der Waals surface area contributed by atoms with Crippen molar-refractivity contribution in [3.63, 3.8) is 0 Å². The standard InChI is InChI=1S/C37H54O14/c1-19-27(39)29(41)30(42)36(46-19)51-31-23(21-15-16-21)13-8-14-24(31)48-37-33(50-35(45)22-11-6-3-7-12-22)32(28(40)26(18-38)49-37)47-25(34(43)44)17-20-9-4-2-5-10-20/h3,6-7,11-12,19-21,23-33,36-42H,2,4-5,8-10,13-18H2,1H3,(H,43,44)/t19-,23?,24+,25-,26+,27+,28-,29+,30-,31+,32-,33+,36-,37+/m0/s1. The van der Waals surface area contributed by atoms with Crippen LogP contribution in [0.4, 0.5) is 0 Å². The average molecular weight is 723 g/mol. The zero-order chi connectivity index (χ0) is 36.2. The number of hydrogen-bond acceptors (Lipinski definition) is 13. The Labute approximate surface area is 297 Å². The van der Waals surface area contributed by atoms with E-state index < -0.39 is 98.3 Å². The van der Waals surface area contributed by atoms with Gasteiger partial charge in [-0.3, -0.25) is 0 Å². The Morgan fingerprint density at radius 1 is 0.784 bits per heavy atom. The molecular formula is C37H54O14. The monoisotopic (exact) mass is 722 g/mol. The molecule has 0 radical (unpaired) electrons. The molecule has 2 saturated heterocycles. The Hall–Kier alpha value is -2.24. The highest BCUT2D eigenvalue weighted by Gasteiger charge is 2.54. The Bertz CT molecular complexity index is 1270. The molecule has 14 heteroatoms. The summed E-state index contributed by atoms with van der Waals surface area (Å²) in [5, 5.41) is 63.6. The number of aliphatic carboxylic acids is 1. The topological polar surface area (TPSA) is 211 Å². The summed E-state index contributed by atoms with van der Waals surface area (Å²) in [6.07, 6.45) is -7.34. The number of aliphatic hydroxyl groups is 5. The van der Waals surface area contributed by atoms with Crippen LogP contribution < -0.4 is 0 Å². The number of carboxylic acid groups (broad SMARTS) is 1. The Kier molecular flexibility index (Phi) is 13.0. The maximum Gasteiger partial charge on any atom is 0.338 e. The zero-order valence-electron chi connectivity index (χ0n) is 29.1. The van der Waals surface area contributed by atoms with Gasteiger partial charge in [0.1, 0.15) is 36.6 Å². The Balaban J connectivity index is 1.29. The third-order valence-electron chi connectivity index (χ3n) is 11.4. The minimum Gasteiger partial charge on any atom is -0.479 e. The summed E-state index contributed by atoms with van der Waals surface area (Å²) in [6.45, 7) is 0.917. The number of carboxylic acids is 1. The smallest absolute Gasteiger partial charge is 0.338 e. The van der Waals surface area contributed by atoms with Crippen molar-refractivity contribution in [1.29, 1.82) is 0 Å². The molecule has 1 unspecified atom stereocenters. The van der Waals surface area contributed by atoms with Gasteiger partial charge in [-0.1, -0.05) is 56.7 Å². The number of hydrogen-bond donors (Lipinski definition) is 6. The van der Waals surface area contributed by atoms with Crippen molar-refractivity contribution < 1.29 is 68.6 Å². The third kappa shape index (κ3) is 9.11. The number of benzene rings is 1. The molecule has 14 atom stereocenters. The quantitative estimate of drug-likeness (QED) is 0.161. The van der Waals surface area contributed by atoms with E-state index in [1.165, 1.54) is 0 Å². The van der Waals surface area contributed by atoms with E-state index in [4.69, 9.17) is 28.4 Å². The lowest BCUT2D eigenvalue weighted by Gasteiger charge is -2.48. The largest absolute Gasteiger partial charge is 0.479 e. The Morgan fingerprint density at radius 3 is 2.18 bits per heavy atom. The number of aliphatic hydroxyl groups excluding tert-OH is 5. The van der Waals surface area contributed by atoms with Crippen LogP contribution in [-0.4, -0.2) is 129 Å². The van der Waals surface area contributed by atoms with Crippen LogP contribution in [0.5, 0.6) is 0 Å². The first-order valence-corrected chi connectivity index (χ1v) is 18.6. The molecule has 2 aliphatic heterocycles. The lowest BCUT2D eigenvalue weighted by atomic mass is 9.81. The maximum atomic E-state index is 13.5. The van der Waals surface area contributed by atoms with Crippen molar-refractivity contribution in [2.75, 3.05) is 6.61 Å². The van der Waals surface area contributed by atoms with Crippen molar-refractivity contribution in [3.05, 3.63) is 35.9 Å². The highest BCUT2D eigenvalue weighted by atomic mass is 16.7. The van der Waals surface area contributed by atoms with Gasteiger partial charge in [0.25, 0.3) is 0 Å². The molecule has 5 aliphatic rings. The van der Waals surface area contributed by atoms with Gasteiger partial charge >= 0.3 is 11.9 Å². The number of carbonyl (C=O) groups excluding carboxylic acids is 1. The second-order valence-electron chi connectivity index (χ2n) is 15.0. The van der Waals surface area contributed by atoms with Gasteiger partial charge in [0.2, 0.25) is 0 Å². The molecule has 0 spiro atoms. The molecule has 1 aromatic rings. The van der Waals surface area contributed by atoms with Crippen molar-refractivity contribution >= 4 is 11.9 Å². The van der Waals surface area contributed by atoms with E-state index >= 15 is 0 Å². The van der Waals surface area contributed by atoms with E-state index in [0.717, 1.165) is 57.8 Å². The van der Waals surface area contributed by atoms with Gasteiger partial charge in [0.15, 0.2) is 24.8 Å². The highest BCUT2D eigenvalue weighted by Crippen LogP contribution is 2.47. The molecule has 3 saturated carbocycles. The fraction of sp³-hybridized carbons (Fsp3) is 0.784.